The van der Waals surface area contributed by atoms with Crippen LogP contribution in [-0.2, 0) is 19.4 Å². The normalized spacial score (nSPS) is 16.1. The Bertz CT molecular complexity index is 1220. The SMILES string of the molecule is COc1ccc(S(=O)(=O)CCCC(=O)N(CC2CCCO2)c2nc3c(C)ccc(C)c3s2)cc1. The molecule has 182 valence electrons. The van der Waals surface area contributed by atoms with E-state index in [1.807, 2.05) is 19.9 Å². The number of carbonyl (C=O) groups excluding carboxylic acids is 1. The fourth-order valence-corrected chi connectivity index (χ4v) is 6.54. The summed E-state index contributed by atoms with van der Waals surface area (Å²) < 4.78 is 37.4. The third-order valence-electron chi connectivity index (χ3n) is 6.10. The Labute approximate surface area is 204 Å². The molecule has 1 saturated heterocycles. The van der Waals surface area contributed by atoms with Crippen molar-refractivity contribution in [1.82, 2.24) is 4.98 Å². The van der Waals surface area contributed by atoms with Gasteiger partial charge >= 0.3 is 0 Å². The highest BCUT2D eigenvalue weighted by molar-refractivity contribution is 7.91. The number of fused-ring (bicyclic) bond motifs is 1. The number of thiazole rings is 1. The van der Waals surface area contributed by atoms with Crippen LogP contribution < -0.4 is 9.64 Å². The molecule has 0 saturated carbocycles. The molecule has 7 nitrogen and oxygen atoms in total. The average molecular weight is 503 g/mol. The van der Waals surface area contributed by atoms with E-state index >= 15 is 0 Å². The number of anilines is 1. The standard InChI is InChI=1S/C25H30N2O5S2/c1-17-8-9-18(2)24-23(17)26-25(33-24)27(16-20-6-4-14-32-20)22(28)7-5-15-34(29,30)21-12-10-19(31-3)11-13-21/h8-13,20H,4-7,14-16H2,1-3H3. The van der Waals surface area contributed by atoms with Crippen molar-refractivity contribution in [3.8, 4) is 5.75 Å². The number of hydrogen-bond donors (Lipinski definition) is 0. The first-order valence-electron chi connectivity index (χ1n) is 11.4. The second-order valence-corrected chi connectivity index (χ2v) is 11.7. The lowest BCUT2D eigenvalue weighted by Gasteiger charge is -2.23. The highest BCUT2D eigenvalue weighted by Crippen LogP contribution is 2.34. The Balaban J connectivity index is 1.49. The van der Waals surface area contributed by atoms with Crippen molar-refractivity contribution in [2.24, 2.45) is 0 Å². The van der Waals surface area contributed by atoms with Gasteiger partial charge in [-0.1, -0.05) is 23.5 Å². The van der Waals surface area contributed by atoms with Crippen LogP contribution in [0.3, 0.4) is 0 Å². The molecule has 34 heavy (non-hydrogen) atoms. The molecule has 0 radical (unpaired) electrons. The Morgan fingerprint density at radius 1 is 1.18 bits per heavy atom. The molecule has 1 aromatic heterocycles. The minimum atomic E-state index is -3.49. The lowest BCUT2D eigenvalue weighted by molar-refractivity contribution is -0.119. The van der Waals surface area contributed by atoms with Crippen LogP contribution in [0.5, 0.6) is 5.75 Å². The zero-order valence-corrected chi connectivity index (χ0v) is 21.4. The maximum absolute atomic E-state index is 13.3. The summed E-state index contributed by atoms with van der Waals surface area (Å²) in [6, 6.07) is 10.4. The molecule has 2 aromatic carbocycles. The molecule has 0 aliphatic carbocycles. The molecule has 9 heteroatoms. The molecule has 1 atom stereocenters. The first-order valence-corrected chi connectivity index (χ1v) is 13.9. The Morgan fingerprint density at radius 3 is 2.56 bits per heavy atom. The summed E-state index contributed by atoms with van der Waals surface area (Å²) >= 11 is 1.51. The first kappa shape index (κ1) is 24.6. The number of sulfone groups is 1. The maximum Gasteiger partial charge on any atom is 0.228 e. The van der Waals surface area contributed by atoms with Gasteiger partial charge in [0.2, 0.25) is 5.91 Å². The minimum absolute atomic E-state index is 0.0267. The maximum atomic E-state index is 13.3. The van der Waals surface area contributed by atoms with Crippen LogP contribution in [0, 0.1) is 13.8 Å². The molecule has 4 rings (SSSR count). The molecular formula is C25H30N2O5S2. The van der Waals surface area contributed by atoms with E-state index in [9.17, 15) is 13.2 Å². The molecule has 0 spiro atoms. The fraction of sp³-hybridized carbons (Fsp3) is 0.440. The molecule has 1 unspecified atom stereocenters. The van der Waals surface area contributed by atoms with Crippen molar-refractivity contribution in [2.75, 3.05) is 30.9 Å². The Kier molecular flexibility index (Phi) is 7.54. The summed E-state index contributed by atoms with van der Waals surface area (Å²) in [5, 5.41) is 0.644. The number of carbonyl (C=O) groups is 1. The monoisotopic (exact) mass is 502 g/mol. The van der Waals surface area contributed by atoms with E-state index < -0.39 is 9.84 Å². The number of ether oxygens (including phenoxy) is 2. The predicted molar refractivity (Wildman–Crippen MR) is 135 cm³/mol. The van der Waals surface area contributed by atoms with Crippen molar-refractivity contribution in [3.05, 3.63) is 47.5 Å². The molecular weight excluding hydrogens is 472 g/mol. The van der Waals surface area contributed by atoms with Gasteiger partial charge in [-0.3, -0.25) is 9.69 Å². The fourth-order valence-electron chi connectivity index (χ4n) is 4.09. The summed E-state index contributed by atoms with van der Waals surface area (Å²) in [5.41, 5.74) is 3.10. The molecule has 0 bridgehead atoms. The molecule has 2 heterocycles. The van der Waals surface area contributed by atoms with Gasteiger partial charge in [-0.25, -0.2) is 13.4 Å². The van der Waals surface area contributed by atoms with E-state index in [2.05, 4.69) is 6.07 Å². The number of aryl methyl sites for hydroxylation is 2. The van der Waals surface area contributed by atoms with Crippen molar-refractivity contribution >= 4 is 42.4 Å². The number of rotatable bonds is 9. The first-order chi connectivity index (χ1) is 16.3. The van der Waals surface area contributed by atoms with Crippen LogP contribution in [0.15, 0.2) is 41.3 Å². The average Bonchev–Trinajstić information content (AvgIpc) is 3.50. The van der Waals surface area contributed by atoms with Gasteiger partial charge in [-0.05, 0) is 68.5 Å². The molecule has 3 aromatic rings. The number of aromatic nitrogens is 1. The lowest BCUT2D eigenvalue weighted by Crippen LogP contribution is -2.37. The molecule has 1 fully saturated rings. The lowest BCUT2D eigenvalue weighted by atomic mass is 10.1. The van der Waals surface area contributed by atoms with Gasteiger partial charge in [0.25, 0.3) is 0 Å². The van der Waals surface area contributed by atoms with Crippen molar-refractivity contribution in [1.29, 1.82) is 0 Å². The molecule has 1 amide bonds. The molecule has 1 aliphatic heterocycles. The Morgan fingerprint density at radius 2 is 1.91 bits per heavy atom. The van der Waals surface area contributed by atoms with E-state index in [4.69, 9.17) is 14.5 Å². The van der Waals surface area contributed by atoms with Crippen LogP contribution in [0.1, 0.15) is 36.8 Å². The second kappa shape index (κ2) is 10.4. The van der Waals surface area contributed by atoms with Gasteiger partial charge in [-0.2, -0.15) is 0 Å². The van der Waals surface area contributed by atoms with Crippen molar-refractivity contribution in [2.45, 2.75) is 50.5 Å². The van der Waals surface area contributed by atoms with Crippen LogP contribution in [-0.4, -0.2) is 51.4 Å². The number of benzene rings is 2. The highest BCUT2D eigenvalue weighted by Gasteiger charge is 2.27. The van der Waals surface area contributed by atoms with Crippen LogP contribution in [0.4, 0.5) is 5.13 Å². The summed E-state index contributed by atoms with van der Waals surface area (Å²) in [7, 11) is -1.96. The van der Waals surface area contributed by atoms with E-state index in [1.54, 1.807) is 17.0 Å². The Hall–Kier alpha value is -2.49. The van der Waals surface area contributed by atoms with Gasteiger partial charge in [0.15, 0.2) is 15.0 Å². The van der Waals surface area contributed by atoms with Gasteiger partial charge in [-0.15, -0.1) is 0 Å². The summed E-state index contributed by atoms with van der Waals surface area (Å²) in [6.07, 6.45) is 2.21. The highest BCUT2D eigenvalue weighted by atomic mass is 32.2. The number of hydrogen-bond acceptors (Lipinski definition) is 7. The third-order valence-corrected chi connectivity index (χ3v) is 9.13. The summed E-state index contributed by atoms with van der Waals surface area (Å²) in [5.74, 6) is 0.367. The quantitative estimate of drug-likeness (QED) is 0.422. The van der Waals surface area contributed by atoms with Crippen LogP contribution in [0.25, 0.3) is 10.2 Å². The van der Waals surface area contributed by atoms with Gasteiger partial charge in [0.1, 0.15) is 5.75 Å². The zero-order valence-electron chi connectivity index (χ0n) is 19.7. The topological polar surface area (TPSA) is 85.8 Å². The van der Waals surface area contributed by atoms with E-state index in [-0.39, 0.29) is 35.5 Å². The third kappa shape index (κ3) is 5.42. The van der Waals surface area contributed by atoms with Crippen molar-refractivity contribution < 1.29 is 22.7 Å². The second-order valence-electron chi connectivity index (χ2n) is 8.61. The zero-order chi connectivity index (χ0) is 24.3. The van der Waals surface area contributed by atoms with Crippen LogP contribution in [0.2, 0.25) is 0 Å². The molecule has 1 aliphatic rings. The predicted octanol–water partition coefficient (Wildman–Crippen LogP) is 4.69. The van der Waals surface area contributed by atoms with Gasteiger partial charge < -0.3 is 9.47 Å². The number of amides is 1. The minimum Gasteiger partial charge on any atom is -0.497 e. The smallest absolute Gasteiger partial charge is 0.228 e. The summed E-state index contributed by atoms with van der Waals surface area (Å²) in [4.78, 5) is 20.0. The van der Waals surface area contributed by atoms with Gasteiger partial charge in [0.05, 0.1) is 40.6 Å². The van der Waals surface area contributed by atoms with E-state index in [0.29, 0.717) is 24.0 Å². The van der Waals surface area contributed by atoms with E-state index in [1.165, 1.54) is 30.6 Å². The van der Waals surface area contributed by atoms with Crippen molar-refractivity contribution in [3.63, 3.8) is 0 Å². The van der Waals surface area contributed by atoms with Crippen LogP contribution >= 0.6 is 11.3 Å². The number of nitrogens with zero attached hydrogens (tertiary/aromatic N) is 2. The summed E-state index contributed by atoms with van der Waals surface area (Å²) in [6.45, 7) is 5.19. The largest absolute Gasteiger partial charge is 0.497 e. The van der Waals surface area contributed by atoms with Gasteiger partial charge in [0, 0.05) is 13.0 Å². The molecule has 0 N–H and O–H groups in total. The van der Waals surface area contributed by atoms with E-state index in [0.717, 1.165) is 34.2 Å². The number of methoxy groups -OCH3 is 1.